The number of nitrogens with zero attached hydrogens (tertiary/aromatic N) is 4. The molecule has 4 aromatic rings. The van der Waals surface area contributed by atoms with Crippen LogP contribution in [0.2, 0.25) is 0 Å². The number of thiazole rings is 2. The summed E-state index contributed by atoms with van der Waals surface area (Å²) in [5, 5.41) is 20.1. The molecule has 0 spiro atoms. The molecule has 0 saturated carbocycles. The normalized spacial score (nSPS) is 12.2. The topological polar surface area (TPSA) is 251 Å². The number of aromatic carboxylic acids is 1. The third-order valence-electron chi connectivity index (χ3n) is 8.30. The number of aryl methyl sites for hydroxylation is 2. The quantitative estimate of drug-likeness (QED) is 0.140. The molecule has 2 aliphatic rings. The standard InChI is InChI=1S/C17H20N4O4S2.C16H17N3O3S.4C2H6.CH5NO2S/c1-10-14(16(23)20-27(3,24)25)19-17(26-10)21-8-7-11-5-4-6-12(13(11)9-21)15(22)18-2;1-9-13(15(21)22)18-16(23-9)19-7-6-10-4-3-5-11(12(10)8-19)14(20)17-2;4*1-2;1-5(2,3)4/h4-6H,7-9H2,1-3H3,(H,18,22)(H,20,23);3-5H,6-8H2,1-2H3,(H,17,20)(H,21,22);4*1-2H3;1H3,(H2,2,3,4). The fourth-order valence-electron chi connectivity index (χ4n) is 5.84. The average molecular weight is 955 g/mol. The molecule has 2 aromatic carbocycles. The summed E-state index contributed by atoms with van der Waals surface area (Å²) in [6, 6.07) is 11.4. The van der Waals surface area contributed by atoms with Crippen molar-refractivity contribution < 1.29 is 41.1 Å². The van der Waals surface area contributed by atoms with Gasteiger partial charge in [-0.25, -0.2) is 41.5 Å². The second kappa shape index (κ2) is 28.0. The van der Waals surface area contributed by atoms with Gasteiger partial charge in [-0.3, -0.25) is 14.4 Å². The largest absolute Gasteiger partial charge is 0.476 e. The zero-order valence-corrected chi connectivity index (χ0v) is 42.2. The van der Waals surface area contributed by atoms with Crippen LogP contribution in [0.1, 0.15) is 129 Å². The van der Waals surface area contributed by atoms with Crippen LogP contribution in [0.3, 0.4) is 0 Å². The van der Waals surface area contributed by atoms with Gasteiger partial charge in [0.15, 0.2) is 16.0 Å². The highest BCUT2D eigenvalue weighted by atomic mass is 32.2. The number of aromatic nitrogens is 2. The molecule has 352 valence electrons. The van der Waals surface area contributed by atoms with E-state index in [1.54, 1.807) is 34.0 Å². The summed E-state index contributed by atoms with van der Waals surface area (Å²) in [6.45, 7) is 22.0. The second-order valence-corrected chi connectivity index (χ2v) is 18.3. The number of sulfonamides is 2. The molecule has 0 fully saturated rings. The number of rotatable bonds is 7. The number of anilines is 2. The Morgan fingerprint density at radius 3 is 1.32 bits per heavy atom. The number of benzene rings is 2. The number of carbonyl (C=O) groups is 4. The van der Waals surface area contributed by atoms with Crippen LogP contribution in [0.4, 0.5) is 10.3 Å². The van der Waals surface area contributed by atoms with Gasteiger partial charge in [-0.15, -0.1) is 22.7 Å². The number of hydrogen-bond donors (Lipinski definition) is 5. The van der Waals surface area contributed by atoms with Crippen LogP contribution in [0, 0.1) is 13.8 Å². The van der Waals surface area contributed by atoms with E-state index in [4.69, 9.17) is 5.11 Å². The predicted molar refractivity (Wildman–Crippen MR) is 257 cm³/mol. The van der Waals surface area contributed by atoms with Gasteiger partial charge in [0, 0.05) is 61.2 Å². The van der Waals surface area contributed by atoms with Crippen molar-refractivity contribution in [1.82, 2.24) is 25.3 Å². The van der Waals surface area contributed by atoms with E-state index in [-0.39, 0.29) is 23.2 Å². The predicted octanol–water partition coefficient (Wildman–Crippen LogP) is 6.14. The van der Waals surface area contributed by atoms with Gasteiger partial charge in [-0.1, -0.05) is 79.7 Å². The monoisotopic (exact) mass is 954 g/mol. The van der Waals surface area contributed by atoms with Gasteiger partial charge in [0.25, 0.3) is 17.7 Å². The number of amides is 3. The maximum absolute atomic E-state index is 12.2. The molecule has 0 saturated heterocycles. The first-order chi connectivity index (χ1) is 29.7. The van der Waals surface area contributed by atoms with E-state index in [0.717, 1.165) is 54.2 Å². The molecule has 0 aliphatic carbocycles. The molecule has 2 aliphatic heterocycles. The SMILES string of the molecule is CC.CC.CC.CC.CNC(=O)c1cccc2c1CN(c1nc(C(=O)NS(C)(=O)=O)c(C)s1)CC2.CNC(=O)c1cccc2c1CN(c1nc(C(=O)O)c(C)s1)CC2.CS(N)(=O)=O. The second-order valence-electron chi connectivity index (χ2n) is 12.5. The number of primary sulfonamides is 1. The van der Waals surface area contributed by atoms with E-state index in [0.29, 0.717) is 50.8 Å². The van der Waals surface area contributed by atoms with Crippen molar-refractivity contribution >= 4 is 76.7 Å². The number of carbonyl (C=O) groups excluding carboxylic acids is 3. The van der Waals surface area contributed by atoms with Gasteiger partial charge in [-0.2, -0.15) is 0 Å². The van der Waals surface area contributed by atoms with E-state index in [1.807, 2.05) is 100 Å². The number of nitrogens with one attached hydrogen (secondary N) is 3. The van der Waals surface area contributed by atoms with Gasteiger partial charge < -0.3 is 25.5 Å². The summed E-state index contributed by atoms with van der Waals surface area (Å²) in [7, 11) is -3.61. The first-order valence-electron chi connectivity index (χ1n) is 20.5. The van der Waals surface area contributed by atoms with Crippen LogP contribution < -0.4 is 30.3 Å². The molecule has 6 N–H and O–H groups in total. The van der Waals surface area contributed by atoms with E-state index in [2.05, 4.69) is 25.7 Å². The van der Waals surface area contributed by atoms with Crippen molar-refractivity contribution in [2.24, 2.45) is 5.14 Å². The first-order valence-corrected chi connectivity index (χ1v) is 26.0. The lowest BCUT2D eigenvalue weighted by Gasteiger charge is -2.29. The highest BCUT2D eigenvalue weighted by Gasteiger charge is 2.27. The molecule has 4 heterocycles. The van der Waals surface area contributed by atoms with Gasteiger partial charge in [-0.05, 0) is 61.1 Å². The van der Waals surface area contributed by atoms with Crippen LogP contribution in [0.25, 0.3) is 0 Å². The Labute approximate surface area is 382 Å². The summed E-state index contributed by atoms with van der Waals surface area (Å²) in [5.74, 6) is -1.99. The lowest BCUT2D eigenvalue weighted by Crippen LogP contribution is -2.33. The molecule has 6 rings (SSSR count). The molecule has 0 atom stereocenters. The first kappa shape index (κ1) is 58.0. The minimum Gasteiger partial charge on any atom is -0.476 e. The summed E-state index contributed by atoms with van der Waals surface area (Å²) in [6.07, 6.45) is 3.42. The minimum atomic E-state index is -3.65. The molecule has 63 heavy (non-hydrogen) atoms. The molecular formula is C42H66N8O9S4. The van der Waals surface area contributed by atoms with Gasteiger partial charge in [0.1, 0.15) is 5.69 Å². The summed E-state index contributed by atoms with van der Waals surface area (Å²) >= 11 is 2.71. The molecule has 0 radical (unpaired) electrons. The molecule has 3 amide bonds. The lowest BCUT2D eigenvalue weighted by atomic mass is 9.94. The third-order valence-corrected chi connectivity index (χ3v) is 10.9. The third kappa shape index (κ3) is 18.0. The maximum Gasteiger partial charge on any atom is 0.355 e. The molecule has 2 aromatic heterocycles. The van der Waals surface area contributed by atoms with Crippen LogP contribution in [-0.4, -0.2) is 95.3 Å². The van der Waals surface area contributed by atoms with Gasteiger partial charge >= 0.3 is 5.97 Å². The Kier molecular flexibility index (Phi) is 25.8. The average Bonchev–Trinajstić information content (AvgIpc) is 3.86. The van der Waals surface area contributed by atoms with Gasteiger partial charge in [0.2, 0.25) is 20.0 Å². The van der Waals surface area contributed by atoms with Crippen molar-refractivity contribution in [2.75, 3.05) is 49.5 Å². The van der Waals surface area contributed by atoms with E-state index in [9.17, 15) is 36.0 Å². The Morgan fingerprint density at radius 2 is 1.00 bits per heavy atom. The Bertz CT molecular complexity index is 2340. The van der Waals surface area contributed by atoms with Crippen molar-refractivity contribution in [2.45, 2.75) is 95.2 Å². The highest BCUT2D eigenvalue weighted by molar-refractivity contribution is 7.89. The summed E-state index contributed by atoms with van der Waals surface area (Å²) in [5.41, 5.74) is 5.72. The van der Waals surface area contributed by atoms with Crippen molar-refractivity contribution in [3.8, 4) is 0 Å². The Hall–Kier alpha value is -4.96. The van der Waals surface area contributed by atoms with Crippen LogP contribution in [0.5, 0.6) is 0 Å². The number of carboxylic acids is 1. The van der Waals surface area contributed by atoms with Crippen molar-refractivity contribution in [1.29, 1.82) is 0 Å². The molecule has 0 bridgehead atoms. The van der Waals surface area contributed by atoms with E-state index < -0.39 is 31.9 Å². The number of carboxylic acid groups (broad SMARTS) is 1. The zero-order valence-electron chi connectivity index (χ0n) is 38.9. The zero-order chi connectivity index (χ0) is 48.8. The van der Waals surface area contributed by atoms with Crippen LogP contribution in [0.15, 0.2) is 36.4 Å². The molecule has 0 unspecified atom stereocenters. The van der Waals surface area contributed by atoms with E-state index in [1.165, 1.54) is 22.7 Å². The Balaban J connectivity index is 0.000000970. The van der Waals surface area contributed by atoms with Crippen LogP contribution in [-0.2, 0) is 46.0 Å². The summed E-state index contributed by atoms with van der Waals surface area (Å²) < 4.78 is 43.4. The number of hydrogen-bond acceptors (Lipinski definition) is 14. The fraction of sp³-hybridized carbons (Fsp3) is 0.476. The number of nitrogens with two attached hydrogens (primary N) is 1. The molecule has 21 heteroatoms. The highest BCUT2D eigenvalue weighted by Crippen LogP contribution is 2.33. The summed E-state index contributed by atoms with van der Waals surface area (Å²) in [4.78, 5) is 61.5. The fourth-order valence-corrected chi connectivity index (χ4v) is 8.13. The maximum atomic E-state index is 12.2. The van der Waals surface area contributed by atoms with Crippen LogP contribution >= 0.6 is 22.7 Å². The molecular weight excluding hydrogens is 889 g/mol. The van der Waals surface area contributed by atoms with E-state index >= 15 is 0 Å². The van der Waals surface area contributed by atoms with Crippen molar-refractivity contribution in [3.05, 3.63) is 90.9 Å². The minimum absolute atomic E-state index is 0.103. The Morgan fingerprint density at radius 1 is 0.651 bits per heavy atom. The van der Waals surface area contributed by atoms with Crippen molar-refractivity contribution in [3.63, 3.8) is 0 Å². The smallest absolute Gasteiger partial charge is 0.355 e. The number of fused-ring (bicyclic) bond motifs is 2. The lowest BCUT2D eigenvalue weighted by molar-refractivity contribution is 0.0689. The van der Waals surface area contributed by atoms with Gasteiger partial charge in [0.05, 0.1) is 12.5 Å². The molecule has 17 nitrogen and oxygen atoms in total.